The van der Waals surface area contributed by atoms with E-state index in [1.54, 1.807) is 0 Å². The average Bonchev–Trinajstić information content (AvgIpc) is 2.90. The van der Waals surface area contributed by atoms with E-state index in [-0.39, 0.29) is 6.04 Å². The molecule has 0 amide bonds. The second-order valence-electron chi connectivity index (χ2n) is 3.91. The molecule has 0 aliphatic carbocycles. The Hall–Kier alpha value is -1.72. The Morgan fingerprint density at radius 2 is 2.12 bits per heavy atom. The van der Waals surface area contributed by atoms with Gasteiger partial charge in [0.15, 0.2) is 5.82 Å². The maximum Gasteiger partial charge on any atom is 0.257 e. The highest BCUT2D eigenvalue weighted by Gasteiger charge is 2.21. The minimum atomic E-state index is 0.0324. The Morgan fingerprint density at radius 3 is 2.88 bits per heavy atom. The lowest BCUT2D eigenvalue weighted by Gasteiger charge is -2.20. The molecule has 0 radical (unpaired) electrons. The summed E-state index contributed by atoms with van der Waals surface area (Å²) in [6.07, 6.45) is 0. The van der Waals surface area contributed by atoms with Crippen molar-refractivity contribution in [3.63, 3.8) is 0 Å². The lowest BCUT2D eigenvalue weighted by molar-refractivity contribution is 0.0734. The molecule has 0 spiro atoms. The van der Waals surface area contributed by atoms with Gasteiger partial charge in [0, 0.05) is 12.1 Å². The van der Waals surface area contributed by atoms with Gasteiger partial charge >= 0.3 is 0 Å². The Balaban J connectivity index is 1.83. The first-order valence-corrected chi connectivity index (χ1v) is 5.63. The molecule has 0 saturated carbocycles. The third-order valence-corrected chi connectivity index (χ3v) is 2.70. The van der Waals surface area contributed by atoms with Crippen LogP contribution in [-0.4, -0.2) is 29.9 Å². The summed E-state index contributed by atoms with van der Waals surface area (Å²) < 4.78 is 10.6. The first-order chi connectivity index (χ1) is 8.43. The van der Waals surface area contributed by atoms with Gasteiger partial charge in [-0.15, -0.1) is 0 Å². The normalized spacial score (nSPS) is 20.4. The van der Waals surface area contributed by atoms with Crippen LogP contribution in [0.5, 0.6) is 0 Å². The van der Waals surface area contributed by atoms with Crippen molar-refractivity contribution in [1.82, 2.24) is 15.5 Å². The largest absolute Gasteiger partial charge is 0.378 e. The molecule has 1 aliphatic heterocycles. The molecule has 3 rings (SSSR count). The number of benzene rings is 1. The lowest BCUT2D eigenvalue weighted by atomic mass is 10.2. The number of morpholine rings is 1. The molecule has 1 saturated heterocycles. The van der Waals surface area contributed by atoms with Crippen LogP contribution < -0.4 is 5.32 Å². The van der Waals surface area contributed by atoms with Crippen molar-refractivity contribution in [2.45, 2.75) is 6.04 Å². The van der Waals surface area contributed by atoms with E-state index < -0.39 is 0 Å². The van der Waals surface area contributed by atoms with E-state index in [0.717, 1.165) is 18.7 Å². The smallest absolute Gasteiger partial charge is 0.257 e. The zero-order valence-corrected chi connectivity index (χ0v) is 9.30. The van der Waals surface area contributed by atoms with Crippen LogP contribution in [0.1, 0.15) is 11.9 Å². The zero-order chi connectivity index (χ0) is 11.5. The SMILES string of the molecule is c1ccc(-c2nc([C@@H]3COCCN3)no2)cc1. The third kappa shape index (κ3) is 2.20. The van der Waals surface area contributed by atoms with Gasteiger partial charge in [0.2, 0.25) is 0 Å². The van der Waals surface area contributed by atoms with Crippen molar-refractivity contribution in [1.29, 1.82) is 0 Å². The van der Waals surface area contributed by atoms with Crippen LogP contribution in [0, 0.1) is 0 Å². The molecule has 1 aromatic heterocycles. The monoisotopic (exact) mass is 231 g/mol. The van der Waals surface area contributed by atoms with Crippen molar-refractivity contribution < 1.29 is 9.26 Å². The molecule has 0 unspecified atom stereocenters. The molecule has 1 fully saturated rings. The highest BCUT2D eigenvalue weighted by atomic mass is 16.5. The molecule has 2 aromatic rings. The Bertz CT molecular complexity index is 478. The molecule has 2 heterocycles. The van der Waals surface area contributed by atoms with Gasteiger partial charge in [0.1, 0.15) is 0 Å². The molecular weight excluding hydrogens is 218 g/mol. The molecule has 1 N–H and O–H groups in total. The van der Waals surface area contributed by atoms with E-state index in [1.165, 1.54) is 0 Å². The van der Waals surface area contributed by atoms with Gasteiger partial charge in [0.05, 0.1) is 19.3 Å². The number of aromatic nitrogens is 2. The van der Waals surface area contributed by atoms with Crippen LogP contribution in [0.15, 0.2) is 34.9 Å². The highest BCUT2D eigenvalue weighted by molar-refractivity contribution is 5.52. The minimum Gasteiger partial charge on any atom is -0.378 e. The fraction of sp³-hybridized carbons (Fsp3) is 0.333. The van der Waals surface area contributed by atoms with Gasteiger partial charge < -0.3 is 14.6 Å². The van der Waals surface area contributed by atoms with Crippen LogP contribution in [0.25, 0.3) is 11.5 Å². The molecule has 88 valence electrons. The molecule has 1 atom stereocenters. The van der Waals surface area contributed by atoms with E-state index >= 15 is 0 Å². The lowest BCUT2D eigenvalue weighted by Crippen LogP contribution is -2.35. The number of ether oxygens (including phenoxy) is 1. The Labute approximate surface area is 98.8 Å². The fourth-order valence-corrected chi connectivity index (χ4v) is 1.81. The first kappa shape index (κ1) is 10.4. The van der Waals surface area contributed by atoms with Gasteiger partial charge in [-0.3, -0.25) is 0 Å². The second-order valence-corrected chi connectivity index (χ2v) is 3.91. The third-order valence-electron chi connectivity index (χ3n) is 2.70. The maximum absolute atomic E-state index is 5.37. The summed E-state index contributed by atoms with van der Waals surface area (Å²) in [5.74, 6) is 1.21. The Morgan fingerprint density at radius 1 is 1.24 bits per heavy atom. The molecule has 17 heavy (non-hydrogen) atoms. The van der Waals surface area contributed by atoms with Crippen molar-refractivity contribution in [2.75, 3.05) is 19.8 Å². The van der Waals surface area contributed by atoms with Gasteiger partial charge in [-0.1, -0.05) is 23.4 Å². The van der Waals surface area contributed by atoms with Gasteiger partial charge in [-0.05, 0) is 12.1 Å². The highest BCUT2D eigenvalue weighted by Crippen LogP contribution is 2.19. The summed E-state index contributed by atoms with van der Waals surface area (Å²) in [6.45, 7) is 2.15. The molecular formula is C12H13N3O2. The number of nitrogens with zero attached hydrogens (tertiary/aromatic N) is 2. The topological polar surface area (TPSA) is 60.2 Å². The molecule has 1 aliphatic rings. The average molecular weight is 231 g/mol. The standard InChI is InChI=1S/C12H13N3O2/c1-2-4-9(5-3-1)12-14-11(15-17-12)10-8-16-7-6-13-10/h1-5,10,13H,6-8H2/t10-/m0/s1. The second kappa shape index (κ2) is 4.65. The summed E-state index contributed by atoms with van der Waals surface area (Å²) >= 11 is 0. The molecule has 5 nitrogen and oxygen atoms in total. The maximum atomic E-state index is 5.37. The van der Waals surface area contributed by atoms with E-state index in [0.29, 0.717) is 18.3 Å². The van der Waals surface area contributed by atoms with Crippen molar-refractivity contribution in [3.8, 4) is 11.5 Å². The minimum absolute atomic E-state index is 0.0324. The summed E-state index contributed by atoms with van der Waals surface area (Å²) in [7, 11) is 0. The first-order valence-electron chi connectivity index (χ1n) is 5.63. The van der Waals surface area contributed by atoms with Gasteiger partial charge in [-0.2, -0.15) is 4.98 Å². The van der Waals surface area contributed by atoms with Crippen LogP contribution in [-0.2, 0) is 4.74 Å². The molecule has 0 bridgehead atoms. The van der Waals surface area contributed by atoms with Gasteiger partial charge in [-0.25, -0.2) is 0 Å². The van der Waals surface area contributed by atoms with E-state index in [1.807, 2.05) is 30.3 Å². The van der Waals surface area contributed by atoms with Crippen LogP contribution >= 0.6 is 0 Å². The van der Waals surface area contributed by atoms with Crippen LogP contribution in [0.2, 0.25) is 0 Å². The summed E-state index contributed by atoms with van der Waals surface area (Å²) in [5.41, 5.74) is 0.933. The van der Waals surface area contributed by atoms with Crippen LogP contribution in [0.3, 0.4) is 0 Å². The number of hydrogen-bond donors (Lipinski definition) is 1. The van der Waals surface area contributed by atoms with Gasteiger partial charge in [0.25, 0.3) is 5.89 Å². The predicted molar refractivity (Wildman–Crippen MR) is 61.3 cm³/mol. The predicted octanol–water partition coefficient (Wildman–Crippen LogP) is 1.40. The van der Waals surface area contributed by atoms with Crippen molar-refractivity contribution >= 4 is 0 Å². The zero-order valence-electron chi connectivity index (χ0n) is 9.30. The van der Waals surface area contributed by atoms with Crippen LogP contribution in [0.4, 0.5) is 0 Å². The molecule has 5 heteroatoms. The molecule has 1 aromatic carbocycles. The number of hydrogen-bond acceptors (Lipinski definition) is 5. The van der Waals surface area contributed by atoms with E-state index in [9.17, 15) is 0 Å². The fourth-order valence-electron chi connectivity index (χ4n) is 1.81. The summed E-state index contributed by atoms with van der Waals surface area (Å²) in [4.78, 5) is 4.38. The number of nitrogens with one attached hydrogen (secondary N) is 1. The quantitative estimate of drug-likeness (QED) is 0.846. The van der Waals surface area contributed by atoms with Crippen molar-refractivity contribution in [3.05, 3.63) is 36.2 Å². The van der Waals surface area contributed by atoms with E-state index in [4.69, 9.17) is 9.26 Å². The summed E-state index contributed by atoms with van der Waals surface area (Å²) in [6, 6.07) is 9.77. The van der Waals surface area contributed by atoms with E-state index in [2.05, 4.69) is 15.5 Å². The van der Waals surface area contributed by atoms with Crippen molar-refractivity contribution in [2.24, 2.45) is 0 Å². The number of rotatable bonds is 2. The summed E-state index contributed by atoms with van der Waals surface area (Å²) in [5, 5.41) is 7.28. The Kier molecular flexibility index (Phi) is 2.85.